The maximum absolute atomic E-state index is 11.6. The molecule has 2 nitrogen and oxygen atoms in total. The van der Waals surface area contributed by atoms with Crippen molar-refractivity contribution >= 4 is 0 Å². The summed E-state index contributed by atoms with van der Waals surface area (Å²) in [5.41, 5.74) is 10.6. The zero-order valence-electron chi connectivity index (χ0n) is 11.2. The number of hydrogen-bond donors (Lipinski definition) is 2. The van der Waals surface area contributed by atoms with Crippen molar-refractivity contribution in [3.8, 4) is 0 Å². The molecule has 0 aromatic carbocycles. The van der Waals surface area contributed by atoms with Crippen LogP contribution in [0.5, 0.6) is 0 Å². The standard InChI is InChI=1S/C6H16N2.C4HF9.Co/c7-5-3-1-2-4-6-8;5-1(6)2(7,8)3(9,10)4(11,12)13;/h1-8H2;1H;/q;;+3. The second-order valence-corrected chi connectivity index (χ2v) is 3.99. The summed E-state index contributed by atoms with van der Waals surface area (Å²) in [5.74, 6) is -13.1. The molecule has 136 valence electrons. The first-order valence-corrected chi connectivity index (χ1v) is 5.86. The van der Waals surface area contributed by atoms with Crippen LogP contribution in [0.3, 0.4) is 0 Å². The molecule has 0 unspecified atom stereocenters. The smallest absolute Gasteiger partial charge is 0.330 e. The minimum absolute atomic E-state index is 0. The first kappa shape index (κ1) is 26.7. The fourth-order valence-corrected chi connectivity index (χ4v) is 0.968. The molecular formula is C10H17CoF9N2+3. The van der Waals surface area contributed by atoms with Gasteiger partial charge in [0.05, 0.1) is 0 Å². The fraction of sp³-hybridized carbons (Fsp3) is 1.00. The summed E-state index contributed by atoms with van der Waals surface area (Å²) in [4.78, 5) is 0. The van der Waals surface area contributed by atoms with Crippen LogP contribution in [0.2, 0.25) is 0 Å². The zero-order chi connectivity index (χ0) is 17.3. The largest absolute Gasteiger partial charge is 3.00 e. The van der Waals surface area contributed by atoms with Gasteiger partial charge in [0.1, 0.15) is 0 Å². The Kier molecular flexibility index (Phi) is 13.8. The van der Waals surface area contributed by atoms with Gasteiger partial charge in [-0.3, -0.25) is 0 Å². The third-order valence-electron chi connectivity index (χ3n) is 2.21. The number of unbranched alkanes of at least 4 members (excludes halogenated alkanes) is 3. The van der Waals surface area contributed by atoms with Crippen LogP contribution >= 0.6 is 0 Å². The average molecular weight is 395 g/mol. The molecule has 0 heterocycles. The van der Waals surface area contributed by atoms with Crippen LogP contribution in [0.15, 0.2) is 0 Å². The Morgan fingerprint density at radius 2 is 1.00 bits per heavy atom. The van der Waals surface area contributed by atoms with Crippen molar-refractivity contribution in [1.29, 1.82) is 0 Å². The molecule has 0 aliphatic heterocycles. The maximum atomic E-state index is 11.6. The Morgan fingerprint density at radius 3 is 1.14 bits per heavy atom. The van der Waals surface area contributed by atoms with Gasteiger partial charge in [-0.05, 0) is 25.9 Å². The second-order valence-electron chi connectivity index (χ2n) is 3.99. The van der Waals surface area contributed by atoms with Crippen molar-refractivity contribution in [3.63, 3.8) is 0 Å². The van der Waals surface area contributed by atoms with Crippen molar-refractivity contribution in [2.75, 3.05) is 13.1 Å². The summed E-state index contributed by atoms with van der Waals surface area (Å²) < 4.78 is 102. The number of hydrogen-bond acceptors (Lipinski definition) is 2. The van der Waals surface area contributed by atoms with E-state index in [0.29, 0.717) is 0 Å². The van der Waals surface area contributed by atoms with Crippen LogP contribution < -0.4 is 11.5 Å². The number of alkyl halides is 9. The van der Waals surface area contributed by atoms with Crippen molar-refractivity contribution in [2.45, 2.75) is 50.1 Å². The van der Waals surface area contributed by atoms with E-state index in [1.165, 1.54) is 12.8 Å². The Hall–Kier alpha value is -0.204. The van der Waals surface area contributed by atoms with E-state index in [2.05, 4.69) is 0 Å². The van der Waals surface area contributed by atoms with Gasteiger partial charge in [-0.25, -0.2) is 8.78 Å². The monoisotopic (exact) mass is 395 g/mol. The van der Waals surface area contributed by atoms with Gasteiger partial charge in [-0.2, -0.15) is 30.7 Å². The number of halogens is 9. The molecule has 22 heavy (non-hydrogen) atoms. The SMILES string of the molecule is FC(F)C(F)(F)C(F)(F)C(F)(F)F.NCCCCCCN.[Co+3]. The van der Waals surface area contributed by atoms with Crippen molar-refractivity contribution in [2.24, 2.45) is 11.5 Å². The zero-order valence-corrected chi connectivity index (χ0v) is 12.3. The third-order valence-corrected chi connectivity index (χ3v) is 2.21. The summed E-state index contributed by atoms with van der Waals surface area (Å²) in [6.45, 7) is 1.65. The minimum Gasteiger partial charge on any atom is -0.330 e. The van der Waals surface area contributed by atoms with E-state index in [0.717, 1.165) is 25.9 Å². The van der Waals surface area contributed by atoms with Crippen LogP contribution in [0.1, 0.15) is 25.7 Å². The first-order valence-electron chi connectivity index (χ1n) is 5.86. The second kappa shape index (κ2) is 11.4. The van der Waals surface area contributed by atoms with Crippen LogP contribution in [0.25, 0.3) is 0 Å². The van der Waals surface area contributed by atoms with E-state index in [1.807, 2.05) is 0 Å². The molecule has 0 bridgehead atoms. The van der Waals surface area contributed by atoms with Crippen molar-refractivity contribution in [1.82, 2.24) is 0 Å². The van der Waals surface area contributed by atoms with Gasteiger partial charge in [0.25, 0.3) is 0 Å². The Bertz CT molecular complexity index is 266. The van der Waals surface area contributed by atoms with Gasteiger partial charge in [-0.15, -0.1) is 0 Å². The van der Waals surface area contributed by atoms with E-state index in [9.17, 15) is 39.5 Å². The fourth-order valence-electron chi connectivity index (χ4n) is 0.968. The molecule has 0 spiro atoms. The average Bonchev–Trinajstić information content (AvgIpc) is 2.33. The van der Waals surface area contributed by atoms with Crippen LogP contribution in [0.4, 0.5) is 39.5 Å². The molecule has 0 aliphatic carbocycles. The molecule has 0 atom stereocenters. The molecule has 0 aliphatic rings. The predicted octanol–water partition coefficient (Wildman–Crippen LogP) is 3.55. The van der Waals surface area contributed by atoms with Gasteiger partial charge in [-0.1, -0.05) is 12.8 Å². The Morgan fingerprint density at radius 1 is 0.682 bits per heavy atom. The van der Waals surface area contributed by atoms with Crippen LogP contribution in [-0.2, 0) is 16.8 Å². The molecule has 0 fully saturated rings. The van der Waals surface area contributed by atoms with Crippen molar-refractivity contribution < 1.29 is 56.3 Å². The van der Waals surface area contributed by atoms with Crippen LogP contribution in [0, 0.1) is 0 Å². The van der Waals surface area contributed by atoms with Crippen LogP contribution in [-0.4, -0.2) is 37.5 Å². The van der Waals surface area contributed by atoms with E-state index < -0.39 is 24.4 Å². The molecule has 0 amide bonds. The summed E-state index contributed by atoms with van der Waals surface area (Å²) in [6, 6.07) is 0. The quantitative estimate of drug-likeness (QED) is 0.512. The summed E-state index contributed by atoms with van der Waals surface area (Å²) >= 11 is 0. The third kappa shape index (κ3) is 8.43. The number of nitrogens with two attached hydrogens (primary N) is 2. The van der Waals surface area contributed by atoms with E-state index in [1.54, 1.807) is 0 Å². The molecule has 0 saturated carbocycles. The van der Waals surface area contributed by atoms with Gasteiger partial charge < -0.3 is 11.5 Å². The molecule has 0 radical (unpaired) electrons. The Labute approximate surface area is 132 Å². The van der Waals surface area contributed by atoms with Gasteiger partial charge in [0.2, 0.25) is 0 Å². The summed E-state index contributed by atoms with van der Waals surface area (Å²) in [6.07, 6.45) is -6.99. The number of rotatable bonds is 7. The van der Waals surface area contributed by atoms with Gasteiger partial charge >= 0.3 is 41.2 Å². The first-order chi connectivity index (χ1) is 9.36. The summed E-state index contributed by atoms with van der Waals surface area (Å²) in [5, 5.41) is 0. The predicted molar refractivity (Wildman–Crippen MR) is 58.5 cm³/mol. The van der Waals surface area contributed by atoms with E-state index in [4.69, 9.17) is 11.5 Å². The van der Waals surface area contributed by atoms with Gasteiger partial charge in [0, 0.05) is 0 Å². The molecule has 0 aromatic rings. The minimum atomic E-state index is -6.73. The van der Waals surface area contributed by atoms with E-state index >= 15 is 0 Å². The van der Waals surface area contributed by atoms with E-state index in [-0.39, 0.29) is 16.8 Å². The topological polar surface area (TPSA) is 52.0 Å². The maximum Gasteiger partial charge on any atom is 3.00 e. The molecule has 0 saturated heterocycles. The van der Waals surface area contributed by atoms with Crippen molar-refractivity contribution in [3.05, 3.63) is 0 Å². The molecule has 12 heteroatoms. The molecule has 0 aromatic heterocycles. The molecule has 0 rings (SSSR count). The normalized spacial score (nSPS) is 12.5. The van der Waals surface area contributed by atoms with Gasteiger partial charge in [0.15, 0.2) is 0 Å². The molecule has 4 N–H and O–H groups in total. The molecular weight excluding hydrogens is 378 g/mol. The Balaban J connectivity index is -0.000000348. The summed E-state index contributed by atoms with van der Waals surface area (Å²) in [7, 11) is 0.